The molecule has 1 unspecified atom stereocenters. The molecule has 0 saturated heterocycles. The molecule has 0 aromatic heterocycles. The van der Waals surface area contributed by atoms with Crippen molar-refractivity contribution in [1.29, 1.82) is 0 Å². The number of hydrogen-bond donors (Lipinski definition) is 2. The molecule has 19 heavy (non-hydrogen) atoms. The van der Waals surface area contributed by atoms with Crippen LogP contribution in [0, 0.1) is 11.5 Å². The Balaban J connectivity index is 3.23. The van der Waals surface area contributed by atoms with Gasteiger partial charge in [0.05, 0.1) is 0 Å². The summed E-state index contributed by atoms with van der Waals surface area (Å²) in [4.78, 5) is 11.5. The maximum Gasteiger partial charge on any atom is 0.249 e. The predicted molar refractivity (Wildman–Crippen MR) is 79.1 cm³/mol. The first kappa shape index (κ1) is 15.4. The van der Waals surface area contributed by atoms with Crippen molar-refractivity contribution < 1.29 is 9.53 Å². The van der Waals surface area contributed by atoms with E-state index in [2.05, 4.69) is 31.1 Å². The first-order chi connectivity index (χ1) is 8.74. The fraction of sp³-hybridized carbons (Fsp3) is 0.357. The summed E-state index contributed by atoms with van der Waals surface area (Å²) in [5.74, 6) is 2.56. The van der Waals surface area contributed by atoms with Crippen LogP contribution in [0.4, 0.5) is 0 Å². The number of benzene rings is 1. The molecule has 0 spiro atoms. The molecule has 4 nitrogen and oxygen atoms in total. The fourth-order valence-corrected chi connectivity index (χ4v) is 2.00. The van der Waals surface area contributed by atoms with Crippen LogP contribution in [0.1, 0.15) is 27.7 Å². The van der Waals surface area contributed by atoms with Crippen molar-refractivity contribution in [2.24, 2.45) is 11.5 Å². The molecule has 0 saturated carbocycles. The molecule has 0 aliphatic heterocycles. The van der Waals surface area contributed by atoms with Crippen LogP contribution in [-0.2, 0) is 4.74 Å². The number of methoxy groups -OCH3 is 1. The number of rotatable bonds is 3. The first-order valence-corrected chi connectivity index (χ1v) is 9.50. The molecular formula is C14H20N2O2Si. The highest BCUT2D eigenvalue weighted by atomic mass is 28.3. The van der Waals surface area contributed by atoms with Crippen molar-refractivity contribution in [3.8, 4) is 11.5 Å². The van der Waals surface area contributed by atoms with E-state index >= 15 is 0 Å². The van der Waals surface area contributed by atoms with Gasteiger partial charge in [-0.2, -0.15) is 0 Å². The molecule has 0 bridgehead atoms. The van der Waals surface area contributed by atoms with Gasteiger partial charge in [-0.1, -0.05) is 31.6 Å². The van der Waals surface area contributed by atoms with Gasteiger partial charge in [0.25, 0.3) is 0 Å². The Bertz CT molecular complexity index is 539. The SMILES string of the molecule is COC(N)c1ccc(C#C[Si](C)(C)C)cc1C(N)=O. The lowest BCUT2D eigenvalue weighted by molar-refractivity contribution is 0.0961. The molecule has 1 rings (SSSR count). The molecule has 0 radical (unpaired) electrons. The van der Waals surface area contributed by atoms with Gasteiger partial charge in [-0.05, 0) is 12.1 Å². The Morgan fingerprint density at radius 3 is 2.47 bits per heavy atom. The molecular weight excluding hydrogens is 256 g/mol. The minimum atomic E-state index is -1.45. The quantitative estimate of drug-likeness (QED) is 0.500. The van der Waals surface area contributed by atoms with E-state index in [9.17, 15) is 4.79 Å². The molecule has 102 valence electrons. The Morgan fingerprint density at radius 2 is 2.00 bits per heavy atom. The van der Waals surface area contributed by atoms with E-state index in [1.165, 1.54) is 7.11 Å². The van der Waals surface area contributed by atoms with E-state index < -0.39 is 20.2 Å². The molecule has 1 aromatic carbocycles. The Morgan fingerprint density at radius 1 is 1.37 bits per heavy atom. The summed E-state index contributed by atoms with van der Waals surface area (Å²) in [6, 6.07) is 5.24. The number of carbonyl (C=O) groups is 1. The van der Waals surface area contributed by atoms with Crippen LogP contribution in [-0.4, -0.2) is 21.1 Å². The highest BCUT2D eigenvalue weighted by Crippen LogP contribution is 2.18. The van der Waals surface area contributed by atoms with E-state index in [0.29, 0.717) is 11.1 Å². The topological polar surface area (TPSA) is 78.3 Å². The van der Waals surface area contributed by atoms with Crippen molar-refractivity contribution in [1.82, 2.24) is 0 Å². The van der Waals surface area contributed by atoms with Crippen LogP contribution in [0.25, 0.3) is 0 Å². The zero-order chi connectivity index (χ0) is 14.6. The lowest BCUT2D eigenvalue weighted by Gasteiger charge is -2.13. The highest BCUT2D eigenvalue weighted by molar-refractivity contribution is 6.83. The average molecular weight is 276 g/mol. The monoisotopic (exact) mass is 276 g/mol. The molecule has 5 heteroatoms. The Hall–Kier alpha value is -1.61. The van der Waals surface area contributed by atoms with Gasteiger partial charge in [0.1, 0.15) is 14.3 Å². The maximum atomic E-state index is 11.5. The lowest BCUT2D eigenvalue weighted by Crippen LogP contribution is -2.20. The van der Waals surface area contributed by atoms with E-state index in [1.54, 1.807) is 12.1 Å². The second kappa shape index (κ2) is 6.02. The summed E-state index contributed by atoms with van der Waals surface area (Å²) in [6.07, 6.45) is -0.665. The van der Waals surface area contributed by atoms with Gasteiger partial charge in [-0.15, -0.1) is 5.54 Å². The number of hydrogen-bond acceptors (Lipinski definition) is 3. The fourth-order valence-electron chi connectivity index (χ4n) is 1.48. The third kappa shape index (κ3) is 4.52. The first-order valence-electron chi connectivity index (χ1n) is 6.00. The molecule has 0 aliphatic rings. The zero-order valence-corrected chi connectivity index (χ0v) is 12.8. The van der Waals surface area contributed by atoms with Crippen LogP contribution >= 0.6 is 0 Å². The average Bonchev–Trinajstić information content (AvgIpc) is 2.34. The summed E-state index contributed by atoms with van der Waals surface area (Å²) in [5, 5.41) is 0. The Labute approximate surface area is 115 Å². The van der Waals surface area contributed by atoms with Crippen LogP contribution in [0.2, 0.25) is 19.6 Å². The van der Waals surface area contributed by atoms with Gasteiger partial charge in [0, 0.05) is 23.8 Å². The highest BCUT2D eigenvalue weighted by Gasteiger charge is 2.15. The largest absolute Gasteiger partial charge is 0.366 e. The summed E-state index contributed by atoms with van der Waals surface area (Å²) >= 11 is 0. The van der Waals surface area contributed by atoms with E-state index in [4.69, 9.17) is 16.2 Å². The van der Waals surface area contributed by atoms with Crippen LogP contribution < -0.4 is 11.5 Å². The smallest absolute Gasteiger partial charge is 0.249 e. The number of nitrogens with two attached hydrogens (primary N) is 2. The van der Waals surface area contributed by atoms with Gasteiger partial charge >= 0.3 is 0 Å². The zero-order valence-electron chi connectivity index (χ0n) is 11.8. The third-order valence-corrected chi connectivity index (χ3v) is 3.34. The third-order valence-electron chi connectivity index (χ3n) is 2.46. The van der Waals surface area contributed by atoms with Gasteiger partial charge in [-0.25, -0.2) is 0 Å². The van der Waals surface area contributed by atoms with Crippen LogP contribution in [0.15, 0.2) is 18.2 Å². The van der Waals surface area contributed by atoms with Crippen molar-refractivity contribution >= 4 is 14.0 Å². The number of primary amides is 1. The minimum absolute atomic E-state index is 0.358. The number of carbonyl (C=O) groups excluding carboxylic acids is 1. The molecule has 0 fully saturated rings. The summed E-state index contributed by atoms with van der Waals surface area (Å²) in [5.41, 5.74) is 16.1. The normalized spacial score (nSPS) is 12.5. The number of amides is 1. The standard InChI is InChI=1S/C14H20N2O2Si/c1-18-14(16)11-6-5-10(7-8-19(2,3)4)9-12(11)13(15)17/h5-6,9,14H,16H2,1-4H3,(H2,15,17). The molecule has 4 N–H and O–H groups in total. The molecule has 0 heterocycles. The number of ether oxygens (including phenoxy) is 1. The van der Waals surface area contributed by atoms with Gasteiger partial charge in [0.15, 0.2) is 0 Å². The second-order valence-electron chi connectivity index (χ2n) is 5.32. The van der Waals surface area contributed by atoms with Gasteiger partial charge in [0.2, 0.25) is 5.91 Å². The van der Waals surface area contributed by atoms with E-state index in [-0.39, 0.29) is 0 Å². The van der Waals surface area contributed by atoms with Crippen molar-refractivity contribution in [2.45, 2.75) is 25.9 Å². The lowest BCUT2D eigenvalue weighted by atomic mass is 10.0. The van der Waals surface area contributed by atoms with E-state index in [1.807, 2.05) is 6.07 Å². The summed E-state index contributed by atoms with van der Waals surface area (Å²) in [6.45, 7) is 6.47. The van der Waals surface area contributed by atoms with Crippen molar-refractivity contribution in [2.75, 3.05) is 7.11 Å². The molecule has 1 amide bonds. The van der Waals surface area contributed by atoms with Crippen LogP contribution in [0.3, 0.4) is 0 Å². The predicted octanol–water partition coefficient (Wildman–Crippen LogP) is 1.62. The second-order valence-corrected chi connectivity index (χ2v) is 10.1. The Kier molecular flexibility index (Phi) is 4.89. The van der Waals surface area contributed by atoms with Gasteiger partial charge < -0.3 is 16.2 Å². The van der Waals surface area contributed by atoms with Crippen molar-refractivity contribution in [3.05, 3.63) is 34.9 Å². The van der Waals surface area contributed by atoms with Crippen LogP contribution in [0.5, 0.6) is 0 Å². The maximum absolute atomic E-state index is 11.5. The molecule has 0 aliphatic carbocycles. The summed E-state index contributed by atoms with van der Waals surface area (Å²) in [7, 11) is 0.0270. The van der Waals surface area contributed by atoms with E-state index in [0.717, 1.165) is 5.56 Å². The van der Waals surface area contributed by atoms with Crippen molar-refractivity contribution in [3.63, 3.8) is 0 Å². The summed E-state index contributed by atoms with van der Waals surface area (Å²) < 4.78 is 5.02. The molecule has 1 aromatic rings. The minimum Gasteiger partial charge on any atom is -0.366 e. The van der Waals surface area contributed by atoms with Gasteiger partial charge in [-0.3, -0.25) is 4.79 Å². The molecule has 1 atom stereocenters.